The molecule has 31 heavy (non-hydrogen) atoms. The van der Waals surface area contributed by atoms with Crippen LogP contribution in [0.15, 0.2) is 60.7 Å². The van der Waals surface area contributed by atoms with Crippen LogP contribution in [0.4, 0.5) is 0 Å². The van der Waals surface area contributed by atoms with Gasteiger partial charge in [0.25, 0.3) is 0 Å². The lowest BCUT2D eigenvalue weighted by atomic mass is 9.78. The largest absolute Gasteiger partial charge is 0.0730 e. The average Bonchev–Trinajstić information content (AvgIpc) is 2.82. The highest BCUT2D eigenvalue weighted by Crippen LogP contribution is 2.36. The minimum Gasteiger partial charge on any atom is -0.0730 e. The maximum absolute atomic E-state index is 3.29. The summed E-state index contributed by atoms with van der Waals surface area (Å²) in [5.41, 5.74) is 5.59. The Kier molecular flexibility index (Phi) is 9.98. The molecule has 0 saturated heterocycles. The van der Waals surface area contributed by atoms with Gasteiger partial charge in [0, 0.05) is 5.56 Å². The summed E-state index contributed by atoms with van der Waals surface area (Å²) in [5, 5.41) is 0. The van der Waals surface area contributed by atoms with Crippen molar-refractivity contribution in [2.75, 3.05) is 0 Å². The molecule has 1 fully saturated rings. The first-order valence-corrected chi connectivity index (χ1v) is 12.6. The summed E-state index contributed by atoms with van der Waals surface area (Å²) < 4.78 is 0. The topological polar surface area (TPSA) is 0 Å². The third kappa shape index (κ3) is 8.06. The van der Waals surface area contributed by atoms with Gasteiger partial charge in [-0.2, -0.15) is 0 Å². The number of unbranched alkanes of at least 4 members (excludes halogenated alkanes) is 3. The summed E-state index contributed by atoms with van der Waals surface area (Å²) in [6, 6.07) is 18.3. The third-order valence-corrected chi connectivity index (χ3v) is 6.73. The van der Waals surface area contributed by atoms with E-state index in [1.165, 1.54) is 81.8 Å². The molecule has 3 rings (SSSR count). The molecule has 1 aliphatic rings. The van der Waals surface area contributed by atoms with Crippen LogP contribution < -0.4 is 0 Å². The monoisotopic (exact) mass is 412 g/mol. The molecule has 0 bridgehead atoms. The predicted octanol–water partition coefficient (Wildman–Crippen LogP) is 8.64. The Morgan fingerprint density at radius 1 is 0.742 bits per heavy atom. The molecule has 0 spiro atoms. The first-order chi connectivity index (χ1) is 15.3. The molecule has 0 radical (unpaired) electrons. The Labute approximate surface area is 191 Å². The fraction of sp³-hybridized carbons (Fsp3) is 0.484. The molecule has 0 heterocycles. The van der Waals surface area contributed by atoms with E-state index in [0.29, 0.717) is 5.92 Å². The summed E-state index contributed by atoms with van der Waals surface area (Å²) in [7, 11) is 0. The lowest BCUT2D eigenvalue weighted by Gasteiger charge is -2.27. The molecule has 1 saturated carbocycles. The van der Waals surface area contributed by atoms with Crippen molar-refractivity contribution in [3.05, 3.63) is 82.9 Å². The molecule has 164 valence electrons. The highest BCUT2D eigenvalue weighted by Gasteiger charge is 2.20. The summed E-state index contributed by atoms with van der Waals surface area (Å²) in [6.07, 6.45) is 18.5. The van der Waals surface area contributed by atoms with Gasteiger partial charge < -0.3 is 0 Å². The number of hydrogen-bond acceptors (Lipinski definition) is 0. The molecule has 2 aromatic rings. The van der Waals surface area contributed by atoms with Gasteiger partial charge in [-0.1, -0.05) is 87.4 Å². The number of aryl methyl sites for hydroxylation is 2. The van der Waals surface area contributed by atoms with Crippen LogP contribution in [0.25, 0.3) is 0 Å². The molecule has 0 aromatic heterocycles. The standard InChI is InChI=1S/C31H40/c1-3-5-7-11-28-18-22-30(23-19-28)31-24-20-29(21-25-31)13-9-8-12-27-16-14-26(15-17-27)10-6-4-2/h9,13-19,22-23,29,31H,3-7,10-11,20-21,24-25H2,1-2H3/b13-9+/t29-,31-. The van der Waals surface area contributed by atoms with E-state index >= 15 is 0 Å². The molecular formula is C31H40. The van der Waals surface area contributed by atoms with Crippen molar-refractivity contribution >= 4 is 0 Å². The zero-order chi connectivity index (χ0) is 21.7. The van der Waals surface area contributed by atoms with Crippen molar-refractivity contribution < 1.29 is 0 Å². The second kappa shape index (κ2) is 13.2. The Hall–Kier alpha value is -2.26. The van der Waals surface area contributed by atoms with Gasteiger partial charge >= 0.3 is 0 Å². The van der Waals surface area contributed by atoms with Crippen molar-refractivity contribution in [3.63, 3.8) is 0 Å². The molecular weight excluding hydrogens is 372 g/mol. The van der Waals surface area contributed by atoms with E-state index < -0.39 is 0 Å². The predicted molar refractivity (Wildman–Crippen MR) is 135 cm³/mol. The van der Waals surface area contributed by atoms with Crippen molar-refractivity contribution in [2.45, 2.75) is 90.4 Å². The van der Waals surface area contributed by atoms with Crippen molar-refractivity contribution in [3.8, 4) is 11.8 Å². The van der Waals surface area contributed by atoms with E-state index in [9.17, 15) is 0 Å². The lowest BCUT2D eigenvalue weighted by Crippen LogP contribution is -2.11. The van der Waals surface area contributed by atoms with E-state index in [1.807, 2.05) is 0 Å². The van der Waals surface area contributed by atoms with Crippen LogP contribution in [0.5, 0.6) is 0 Å². The number of hydrogen-bond donors (Lipinski definition) is 0. The Bertz CT molecular complexity index is 834. The molecule has 0 amide bonds. The fourth-order valence-corrected chi connectivity index (χ4v) is 4.63. The maximum atomic E-state index is 3.29. The first kappa shape index (κ1) is 23.4. The normalized spacial score (nSPS) is 18.6. The van der Waals surface area contributed by atoms with Crippen LogP contribution >= 0.6 is 0 Å². The Balaban J connectivity index is 1.42. The van der Waals surface area contributed by atoms with Crippen molar-refractivity contribution in [2.24, 2.45) is 5.92 Å². The van der Waals surface area contributed by atoms with Gasteiger partial charge in [-0.25, -0.2) is 0 Å². The smallest absolute Gasteiger partial charge is 0.0249 e. The molecule has 0 nitrogen and oxygen atoms in total. The van der Waals surface area contributed by atoms with E-state index in [-0.39, 0.29) is 0 Å². The summed E-state index contributed by atoms with van der Waals surface area (Å²) in [6.45, 7) is 4.51. The molecule has 2 aromatic carbocycles. The average molecular weight is 413 g/mol. The lowest BCUT2D eigenvalue weighted by molar-refractivity contribution is 0.376. The number of rotatable bonds is 9. The van der Waals surface area contributed by atoms with Crippen LogP contribution in [0.2, 0.25) is 0 Å². The van der Waals surface area contributed by atoms with E-state index in [0.717, 1.165) is 11.5 Å². The van der Waals surface area contributed by atoms with Crippen molar-refractivity contribution in [1.82, 2.24) is 0 Å². The van der Waals surface area contributed by atoms with Crippen LogP contribution in [-0.2, 0) is 12.8 Å². The number of allylic oxidation sites excluding steroid dienone is 2. The highest BCUT2D eigenvalue weighted by molar-refractivity contribution is 5.38. The van der Waals surface area contributed by atoms with Crippen LogP contribution in [0.1, 0.15) is 99.8 Å². The first-order valence-electron chi connectivity index (χ1n) is 12.6. The second-order valence-corrected chi connectivity index (χ2v) is 9.24. The minimum absolute atomic E-state index is 0.690. The van der Waals surface area contributed by atoms with Crippen LogP contribution in [-0.4, -0.2) is 0 Å². The van der Waals surface area contributed by atoms with Gasteiger partial charge in [0.05, 0.1) is 0 Å². The Morgan fingerprint density at radius 3 is 2.00 bits per heavy atom. The van der Waals surface area contributed by atoms with Crippen LogP contribution in [0.3, 0.4) is 0 Å². The van der Waals surface area contributed by atoms with Gasteiger partial charge in [0.2, 0.25) is 0 Å². The van der Waals surface area contributed by atoms with Gasteiger partial charge in [-0.15, -0.1) is 0 Å². The zero-order valence-electron chi connectivity index (χ0n) is 19.7. The summed E-state index contributed by atoms with van der Waals surface area (Å²) >= 11 is 0. The maximum Gasteiger partial charge on any atom is 0.0249 e. The quantitative estimate of drug-likeness (QED) is 0.285. The number of benzene rings is 2. The van der Waals surface area contributed by atoms with Crippen LogP contribution in [0, 0.1) is 17.8 Å². The van der Waals surface area contributed by atoms with Gasteiger partial charge in [0.15, 0.2) is 0 Å². The zero-order valence-corrected chi connectivity index (χ0v) is 19.7. The highest BCUT2D eigenvalue weighted by atomic mass is 14.3. The van der Waals surface area contributed by atoms with Gasteiger partial charge in [-0.05, 0) is 98.1 Å². The molecule has 0 aliphatic heterocycles. The molecule has 1 aliphatic carbocycles. The third-order valence-electron chi connectivity index (χ3n) is 6.73. The Morgan fingerprint density at radius 2 is 1.35 bits per heavy atom. The van der Waals surface area contributed by atoms with E-state index in [1.54, 1.807) is 5.56 Å². The molecule has 0 N–H and O–H groups in total. The van der Waals surface area contributed by atoms with Gasteiger partial charge in [0.1, 0.15) is 0 Å². The van der Waals surface area contributed by atoms with Crippen molar-refractivity contribution in [1.29, 1.82) is 0 Å². The second-order valence-electron chi connectivity index (χ2n) is 9.24. The molecule has 0 atom stereocenters. The molecule has 0 unspecified atom stereocenters. The fourth-order valence-electron chi connectivity index (χ4n) is 4.63. The van der Waals surface area contributed by atoms with E-state index in [2.05, 4.69) is 86.4 Å². The summed E-state index contributed by atoms with van der Waals surface area (Å²) in [4.78, 5) is 0. The summed E-state index contributed by atoms with van der Waals surface area (Å²) in [5.74, 6) is 7.97. The SMILES string of the molecule is CCCCCc1ccc([C@H]2CC[C@H](/C=C/C#Cc3ccc(CCCC)cc3)CC2)cc1. The minimum atomic E-state index is 0.690. The van der Waals surface area contributed by atoms with E-state index in [4.69, 9.17) is 0 Å². The molecule has 0 heteroatoms. The van der Waals surface area contributed by atoms with Gasteiger partial charge in [-0.3, -0.25) is 0 Å².